The Kier molecular flexibility index (Phi) is 9.43. The van der Waals surface area contributed by atoms with Crippen molar-refractivity contribution in [2.24, 2.45) is 5.41 Å². The van der Waals surface area contributed by atoms with Gasteiger partial charge in [-0.15, -0.1) is 0 Å². The number of methoxy groups -OCH3 is 1. The smallest absolute Gasteiger partial charge is 0.0487 e. The van der Waals surface area contributed by atoms with Crippen molar-refractivity contribution in [3.05, 3.63) is 0 Å². The highest BCUT2D eigenvalue weighted by Gasteiger charge is 2.31. The van der Waals surface area contributed by atoms with Crippen molar-refractivity contribution >= 4 is 0 Å². The van der Waals surface area contributed by atoms with Gasteiger partial charge in [0.15, 0.2) is 0 Å². The monoisotopic (exact) mass is 273 g/mol. The lowest BCUT2D eigenvalue weighted by atomic mass is 9.77. The van der Waals surface area contributed by atoms with Crippen LogP contribution in [0.25, 0.3) is 0 Å². The average Bonchev–Trinajstić information content (AvgIpc) is 2.44. The van der Waals surface area contributed by atoms with Gasteiger partial charge >= 0.3 is 0 Å². The van der Waals surface area contributed by atoms with E-state index in [-0.39, 0.29) is 0 Å². The van der Waals surface area contributed by atoms with Crippen LogP contribution in [0.2, 0.25) is 0 Å². The Balaban J connectivity index is 2.20. The van der Waals surface area contributed by atoms with Crippen LogP contribution < -0.4 is 5.32 Å². The van der Waals surface area contributed by atoms with E-state index in [9.17, 15) is 0 Å². The molecule has 0 spiro atoms. The summed E-state index contributed by atoms with van der Waals surface area (Å²) in [5, 5.41) is 3.58. The molecule has 4 heteroatoms. The molecule has 1 aliphatic heterocycles. The molecule has 4 nitrogen and oxygen atoms in total. The molecule has 1 aliphatic rings. The lowest BCUT2D eigenvalue weighted by Gasteiger charge is -2.37. The van der Waals surface area contributed by atoms with Gasteiger partial charge in [0, 0.05) is 46.7 Å². The van der Waals surface area contributed by atoms with Gasteiger partial charge in [0.25, 0.3) is 0 Å². The lowest BCUT2D eigenvalue weighted by molar-refractivity contribution is -0.00746. The Morgan fingerprint density at radius 3 is 2.63 bits per heavy atom. The van der Waals surface area contributed by atoms with Crippen LogP contribution in [0.15, 0.2) is 0 Å². The molecule has 0 amide bonds. The summed E-state index contributed by atoms with van der Waals surface area (Å²) >= 11 is 0. The molecule has 1 fully saturated rings. The van der Waals surface area contributed by atoms with Gasteiger partial charge in [-0.05, 0) is 44.1 Å². The molecular formula is C15H31NO3. The third-order valence-corrected chi connectivity index (χ3v) is 3.89. The van der Waals surface area contributed by atoms with Crippen molar-refractivity contribution in [1.82, 2.24) is 5.32 Å². The molecule has 0 atom stereocenters. The van der Waals surface area contributed by atoms with Crippen LogP contribution in [0, 0.1) is 5.41 Å². The summed E-state index contributed by atoms with van der Waals surface area (Å²) in [6.45, 7) is 8.68. The molecule has 1 rings (SSSR count). The van der Waals surface area contributed by atoms with Gasteiger partial charge in [0.2, 0.25) is 0 Å². The summed E-state index contributed by atoms with van der Waals surface area (Å²) < 4.78 is 16.2. The van der Waals surface area contributed by atoms with Crippen LogP contribution in [0.1, 0.15) is 39.0 Å². The van der Waals surface area contributed by atoms with Crippen LogP contribution in [-0.4, -0.2) is 53.2 Å². The minimum absolute atomic E-state index is 0.384. The zero-order chi connectivity index (χ0) is 13.8. The summed E-state index contributed by atoms with van der Waals surface area (Å²) in [6, 6.07) is 0. The SMILES string of the molecule is CCCNCC1(CCOCCCOC)CCOCC1. The molecule has 0 radical (unpaired) electrons. The molecule has 0 aromatic carbocycles. The third-order valence-electron chi connectivity index (χ3n) is 3.89. The Hall–Kier alpha value is -0.160. The maximum atomic E-state index is 5.72. The predicted octanol–water partition coefficient (Wildman–Crippen LogP) is 2.23. The Bertz CT molecular complexity index is 206. The second-order valence-corrected chi connectivity index (χ2v) is 5.50. The minimum atomic E-state index is 0.384. The molecule has 0 aromatic rings. The quantitative estimate of drug-likeness (QED) is 0.586. The van der Waals surface area contributed by atoms with Crippen LogP contribution in [0.4, 0.5) is 0 Å². The van der Waals surface area contributed by atoms with Crippen molar-refractivity contribution < 1.29 is 14.2 Å². The molecule has 1 N–H and O–H groups in total. The molecule has 0 unspecified atom stereocenters. The van der Waals surface area contributed by atoms with Gasteiger partial charge in [0.05, 0.1) is 0 Å². The van der Waals surface area contributed by atoms with Gasteiger partial charge in [-0.25, -0.2) is 0 Å². The first kappa shape index (κ1) is 16.9. The fourth-order valence-corrected chi connectivity index (χ4v) is 2.55. The van der Waals surface area contributed by atoms with E-state index in [2.05, 4.69) is 12.2 Å². The molecule has 0 bridgehead atoms. The fraction of sp³-hybridized carbons (Fsp3) is 1.00. The Morgan fingerprint density at radius 1 is 1.16 bits per heavy atom. The van der Waals surface area contributed by atoms with Crippen LogP contribution in [-0.2, 0) is 14.2 Å². The van der Waals surface area contributed by atoms with E-state index in [0.29, 0.717) is 5.41 Å². The van der Waals surface area contributed by atoms with E-state index in [1.54, 1.807) is 7.11 Å². The van der Waals surface area contributed by atoms with Gasteiger partial charge in [0.1, 0.15) is 0 Å². The van der Waals surface area contributed by atoms with E-state index in [1.807, 2.05) is 0 Å². The van der Waals surface area contributed by atoms with Crippen LogP contribution in [0.3, 0.4) is 0 Å². The summed E-state index contributed by atoms with van der Waals surface area (Å²) in [5.74, 6) is 0. The maximum absolute atomic E-state index is 5.72. The van der Waals surface area contributed by atoms with Crippen LogP contribution in [0.5, 0.6) is 0 Å². The second kappa shape index (κ2) is 10.6. The predicted molar refractivity (Wildman–Crippen MR) is 77.6 cm³/mol. The minimum Gasteiger partial charge on any atom is -0.385 e. The first-order valence-electron chi connectivity index (χ1n) is 7.68. The zero-order valence-corrected chi connectivity index (χ0v) is 12.7. The summed E-state index contributed by atoms with van der Waals surface area (Å²) in [7, 11) is 1.73. The Labute approximate surface area is 118 Å². The van der Waals surface area contributed by atoms with Crippen molar-refractivity contribution in [3.63, 3.8) is 0 Å². The number of hydrogen-bond donors (Lipinski definition) is 1. The van der Waals surface area contributed by atoms with E-state index >= 15 is 0 Å². The van der Waals surface area contributed by atoms with Crippen molar-refractivity contribution in [2.45, 2.75) is 39.0 Å². The van der Waals surface area contributed by atoms with Crippen LogP contribution >= 0.6 is 0 Å². The van der Waals surface area contributed by atoms with Crippen molar-refractivity contribution in [1.29, 1.82) is 0 Å². The average molecular weight is 273 g/mol. The third kappa shape index (κ3) is 7.25. The van der Waals surface area contributed by atoms with Gasteiger partial charge in [-0.2, -0.15) is 0 Å². The van der Waals surface area contributed by atoms with Gasteiger partial charge in [-0.1, -0.05) is 6.92 Å². The van der Waals surface area contributed by atoms with Crippen molar-refractivity contribution in [2.75, 3.05) is 53.2 Å². The van der Waals surface area contributed by atoms with E-state index in [0.717, 1.165) is 71.8 Å². The molecule has 19 heavy (non-hydrogen) atoms. The molecule has 0 aliphatic carbocycles. The largest absolute Gasteiger partial charge is 0.385 e. The molecule has 0 aromatic heterocycles. The molecule has 1 heterocycles. The number of rotatable bonds is 11. The lowest BCUT2D eigenvalue weighted by Crippen LogP contribution is -2.40. The number of hydrogen-bond acceptors (Lipinski definition) is 4. The topological polar surface area (TPSA) is 39.7 Å². The highest BCUT2D eigenvalue weighted by atomic mass is 16.5. The first-order chi connectivity index (χ1) is 9.33. The summed E-state index contributed by atoms with van der Waals surface area (Å²) in [5.41, 5.74) is 0.384. The standard InChI is InChI=1S/C15H31NO3/c1-3-8-16-14-15(6-12-19-13-7-15)5-11-18-10-4-9-17-2/h16H,3-14H2,1-2H3. The highest BCUT2D eigenvalue weighted by molar-refractivity contribution is 4.84. The number of nitrogens with one attached hydrogen (secondary N) is 1. The second-order valence-electron chi connectivity index (χ2n) is 5.50. The molecule has 114 valence electrons. The zero-order valence-electron chi connectivity index (χ0n) is 12.7. The fourth-order valence-electron chi connectivity index (χ4n) is 2.55. The normalized spacial score (nSPS) is 18.6. The van der Waals surface area contributed by atoms with E-state index in [4.69, 9.17) is 14.2 Å². The maximum Gasteiger partial charge on any atom is 0.0487 e. The highest BCUT2D eigenvalue weighted by Crippen LogP contribution is 2.33. The first-order valence-corrected chi connectivity index (χ1v) is 7.68. The Morgan fingerprint density at radius 2 is 1.95 bits per heavy atom. The van der Waals surface area contributed by atoms with Gasteiger partial charge < -0.3 is 19.5 Å². The van der Waals surface area contributed by atoms with Crippen molar-refractivity contribution in [3.8, 4) is 0 Å². The molecule has 1 saturated heterocycles. The number of ether oxygens (including phenoxy) is 3. The van der Waals surface area contributed by atoms with E-state index in [1.165, 1.54) is 6.42 Å². The van der Waals surface area contributed by atoms with Gasteiger partial charge in [-0.3, -0.25) is 0 Å². The summed E-state index contributed by atoms with van der Waals surface area (Å²) in [6.07, 6.45) is 5.64. The summed E-state index contributed by atoms with van der Waals surface area (Å²) in [4.78, 5) is 0. The molecule has 0 saturated carbocycles. The molecular weight excluding hydrogens is 242 g/mol. The van der Waals surface area contributed by atoms with E-state index < -0.39 is 0 Å².